The summed E-state index contributed by atoms with van der Waals surface area (Å²) in [5, 5.41) is 0. The molecule has 17 heavy (non-hydrogen) atoms. The van der Waals surface area contributed by atoms with Gasteiger partial charge in [-0.3, -0.25) is 0 Å². The lowest BCUT2D eigenvalue weighted by molar-refractivity contribution is 0.00695. The predicted molar refractivity (Wildman–Crippen MR) is 70.8 cm³/mol. The van der Waals surface area contributed by atoms with Gasteiger partial charge in [-0.15, -0.1) is 0 Å². The van der Waals surface area contributed by atoms with Crippen molar-refractivity contribution in [1.82, 2.24) is 0 Å². The van der Waals surface area contributed by atoms with Gasteiger partial charge in [0.15, 0.2) is 0 Å². The van der Waals surface area contributed by atoms with Crippen LogP contribution in [-0.4, -0.2) is 11.6 Å². The summed E-state index contributed by atoms with van der Waals surface area (Å²) in [4.78, 5) is 11.6. The summed E-state index contributed by atoms with van der Waals surface area (Å²) >= 11 is 0. The van der Waals surface area contributed by atoms with Gasteiger partial charge in [-0.2, -0.15) is 0 Å². The van der Waals surface area contributed by atoms with Gasteiger partial charge in [-0.1, -0.05) is 26.0 Å². The molecule has 0 aliphatic rings. The van der Waals surface area contributed by atoms with Crippen LogP contribution in [0.15, 0.2) is 24.3 Å². The maximum absolute atomic E-state index is 11.6. The number of benzene rings is 1. The fourth-order valence-electron chi connectivity index (χ4n) is 1.11. The van der Waals surface area contributed by atoms with E-state index in [9.17, 15) is 4.79 Å². The Morgan fingerprint density at radius 2 is 1.65 bits per heavy atom. The zero-order chi connectivity index (χ0) is 13.5. The maximum Gasteiger partial charge on any atom is 0.338 e. The van der Waals surface area contributed by atoms with Gasteiger partial charge in [0.1, 0.15) is 5.60 Å². The summed E-state index contributed by atoms with van der Waals surface area (Å²) in [5.41, 5.74) is 6.57. The molecule has 1 aromatic rings. The van der Waals surface area contributed by atoms with Gasteiger partial charge in [0, 0.05) is 6.54 Å². The first-order valence-electron chi connectivity index (χ1n) is 5.95. The zero-order valence-electron chi connectivity index (χ0n) is 11.4. The third-order valence-corrected chi connectivity index (χ3v) is 1.82. The summed E-state index contributed by atoms with van der Waals surface area (Å²) in [7, 11) is 0. The molecule has 0 saturated heterocycles. The second kappa shape index (κ2) is 7.07. The van der Waals surface area contributed by atoms with Crippen LogP contribution >= 0.6 is 0 Å². The third-order valence-electron chi connectivity index (χ3n) is 1.82. The standard InChI is InChI=1S/C12H17NO2.C2H6/c1-12(2,3)15-11(14)10-6-4-9(8-13)5-7-10;1-2/h4-7H,8,13H2,1-3H3;1-2H3. The second-order valence-electron chi connectivity index (χ2n) is 4.40. The number of carbonyl (C=O) groups excluding carboxylic acids is 1. The molecule has 3 nitrogen and oxygen atoms in total. The average Bonchev–Trinajstić information content (AvgIpc) is 2.29. The highest BCUT2D eigenvalue weighted by molar-refractivity contribution is 5.89. The van der Waals surface area contributed by atoms with Crippen LogP contribution < -0.4 is 5.73 Å². The molecule has 0 saturated carbocycles. The maximum atomic E-state index is 11.6. The fourth-order valence-corrected chi connectivity index (χ4v) is 1.11. The van der Waals surface area contributed by atoms with Gasteiger partial charge >= 0.3 is 5.97 Å². The van der Waals surface area contributed by atoms with Crippen molar-refractivity contribution >= 4 is 5.97 Å². The first kappa shape index (κ1) is 15.7. The number of rotatable bonds is 2. The minimum atomic E-state index is -0.455. The fraction of sp³-hybridized carbons (Fsp3) is 0.500. The van der Waals surface area contributed by atoms with Crippen molar-refractivity contribution in [3.63, 3.8) is 0 Å². The van der Waals surface area contributed by atoms with E-state index >= 15 is 0 Å². The molecule has 0 aliphatic heterocycles. The van der Waals surface area contributed by atoms with Crippen LogP contribution in [0.5, 0.6) is 0 Å². The summed E-state index contributed by atoms with van der Waals surface area (Å²) in [6, 6.07) is 7.13. The molecular weight excluding hydrogens is 214 g/mol. The average molecular weight is 237 g/mol. The van der Waals surface area contributed by atoms with E-state index in [4.69, 9.17) is 10.5 Å². The van der Waals surface area contributed by atoms with Crippen LogP contribution in [0.25, 0.3) is 0 Å². The number of nitrogens with two attached hydrogens (primary N) is 1. The first-order valence-corrected chi connectivity index (χ1v) is 5.95. The predicted octanol–water partition coefficient (Wildman–Crippen LogP) is 3.13. The van der Waals surface area contributed by atoms with E-state index in [0.717, 1.165) is 5.56 Å². The first-order chi connectivity index (χ1) is 7.92. The van der Waals surface area contributed by atoms with Crippen LogP contribution in [0.3, 0.4) is 0 Å². The largest absolute Gasteiger partial charge is 0.456 e. The second-order valence-corrected chi connectivity index (χ2v) is 4.40. The van der Waals surface area contributed by atoms with E-state index in [1.54, 1.807) is 12.1 Å². The highest BCUT2D eigenvalue weighted by Crippen LogP contribution is 2.12. The normalized spacial score (nSPS) is 10.2. The molecule has 0 fully saturated rings. The molecule has 0 radical (unpaired) electrons. The molecule has 0 unspecified atom stereocenters. The summed E-state index contributed by atoms with van der Waals surface area (Å²) in [5.74, 6) is -0.300. The van der Waals surface area contributed by atoms with E-state index in [2.05, 4.69) is 0 Å². The van der Waals surface area contributed by atoms with Crippen molar-refractivity contribution in [2.24, 2.45) is 5.73 Å². The van der Waals surface area contributed by atoms with Crippen LogP contribution in [0.2, 0.25) is 0 Å². The number of hydrogen-bond acceptors (Lipinski definition) is 3. The van der Waals surface area contributed by atoms with Crippen LogP contribution in [0.1, 0.15) is 50.5 Å². The molecule has 1 aromatic carbocycles. The Morgan fingerprint density at radius 1 is 1.18 bits per heavy atom. The summed E-state index contributed by atoms with van der Waals surface area (Å²) < 4.78 is 5.23. The lowest BCUT2D eigenvalue weighted by Gasteiger charge is -2.19. The highest BCUT2D eigenvalue weighted by atomic mass is 16.6. The van der Waals surface area contributed by atoms with E-state index < -0.39 is 5.60 Å². The Morgan fingerprint density at radius 3 is 2.00 bits per heavy atom. The van der Waals surface area contributed by atoms with E-state index in [1.807, 2.05) is 46.8 Å². The van der Waals surface area contributed by atoms with Crippen molar-refractivity contribution in [3.05, 3.63) is 35.4 Å². The molecular formula is C14H23NO2. The lowest BCUT2D eigenvalue weighted by Crippen LogP contribution is -2.23. The quantitative estimate of drug-likeness (QED) is 0.804. The highest BCUT2D eigenvalue weighted by Gasteiger charge is 2.17. The van der Waals surface area contributed by atoms with Crippen LogP contribution in [0.4, 0.5) is 0 Å². The molecule has 0 bridgehead atoms. The molecule has 0 aliphatic carbocycles. The number of ether oxygens (including phenoxy) is 1. The van der Waals surface area contributed by atoms with Gasteiger partial charge in [-0.25, -0.2) is 4.79 Å². The molecule has 0 atom stereocenters. The Bertz CT molecular complexity index is 336. The Kier molecular flexibility index (Phi) is 6.51. The van der Waals surface area contributed by atoms with Gasteiger partial charge in [0.2, 0.25) is 0 Å². The summed E-state index contributed by atoms with van der Waals surface area (Å²) in [6.45, 7) is 10.0. The van der Waals surface area contributed by atoms with Crippen LogP contribution in [0, 0.1) is 0 Å². The Hall–Kier alpha value is -1.35. The molecule has 3 heteroatoms. The Labute approximate surface area is 104 Å². The van der Waals surface area contributed by atoms with Gasteiger partial charge in [0.25, 0.3) is 0 Å². The number of carbonyl (C=O) groups is 1. The van der Waals surface area contributed by atoms with Crippen molar-refractivity contribution in [2.45, 2.75) is 46.8 Å². The Balaban J connectivity index is 0.00000121. The topological polar surface area (TPSA) is 52.3 Å². The molecule has 2 N–H and O–H groups in total. The molecule has 0 spiro atoms. The minimum absolute atomic E-state index is 0.300. The number of hydrogen-bond donors (Lipinski definition) is 1. The lowest BCUT2D eigenvalue weighted by atomic mass is 10.1. The monoisotopic (exact) mass is 237 g/mol. The minimum Gasteiger partial charge on any atom is -0.456 e. The van der Waals surface area contributed by atoms with Crippen LogP contribution in [-0.2, 0) is 11.3 Å². The van der Waals surface area contributed by atoms with Gasteiger partial charge < -0.3 is 10.5 Å². The zero-order valence-corrected chi connectivity index (χ0v) is 11.4. The van der Waals surface area contributed by atoms with Crippen molar-refractivity contribution in [2.75, 3.05) is 0 Å². The van der Waals surface area contributed by atoms with Crippen molar-refractivity contribution < 1.29 is 9.53 Å². The van der Waals surface area contributed by atoms with E-state index in [0.29, 0.717) is 12.1 Å². The van der Waals surface area contributed by atoms with Gasteiger partial charge in [-0.05, 0) is 38.5 Å². The molecule has 96 valence electrons. The third kappa shape index (κ3) is 6.07. The van der Waals surface area contributed by atoms with E-state index in [1.165, 1.54) is 0 Å². The number of esters is 1. The molecule has 0 amide bonds. The SMILES string of the molecule is CC.CC(C)(C)OC(=O)c1ccc(CN)cc1. The summed E-state index contributed by atoms with van der Waals surface area (Å²) in [6.07, 6.45) is 0. The molecule has 0 aromatic heterocycles. The van der Waals surface area contributed by atoms with Gasteiger partial charge in [0.05, 0.1) is 5.56 Å². The molecule has 1 rings (SSSR count). The molecule has 0 heterocycles. The van der Waals surface area contributed by atoms with E-state index in [-0.39, 0.29) is 5.97 Å². The van der Waals surface area contributed by atoms with Crippen molar-refractivity contribution in [3.8, 4) is 0 Å². The van der Waals surface area contributed by atoms with Crippen molar-refractivity contribution in [1.29, 1.82) is 0 Å². The smallest absolute Gasteiger partial charge is 0.338 e.